The molecular weight excluding hydrogens is 657 g/mol. The smallest absolute Gasteiger partial charge is 0.337 e. The van der Waals surface area contributed by atoms with Crippen molar-refractivity contribution >= 4 is 51.5 Å². The van der Waals surface area contributed by atoms with Crippen molar-refractivity contribution in [1.82, 2.24) is 9.88 Å². The highest BCUT2D eigenvalue weighted by atomic mass is 127. The van der Waals surface area contributed by atoms with Crippen LogP contribution in [0.25, 0.3) is 0 Å². The standard InChI is InChI=1S/C31H27F2IN4O4/c1-18-14-20(34)8-9-24(18)36-29-23(31(40)41)15-22(27(32)28(29)33)30(39)38-13-12-37(17-19(38)2)25-10-11-35-16-26(25)42-21-6-4-3-5-7-21/h3-11,14-16,19,36H,12-13,17H2,1-2H3,(H,40,41). The zero-order chi connectivity index (χ0) is 30.0. The van der Waals surface area contributed by atoms with Gasteiger partial charge in [0.25, 0.3) is 5.91 Å². The van der Waals surface area contributed by atoms with E-state index in [4.69, 9.17) is 4.74 Å². The lowest BCUT2D eigenvalue weighted by atomic mass is 10.0. The van der Waals surface area contributed by atoms with Crippen LogP contribution in [0.2, 0.25) is 0 Å². The summed E-state index contributed by atoms with van der Waals surface area (Å²) in [5.74, 6) is -3.92. The van der Waals surface area contributed by atoms with Crippen LogP contribution in [0.5, 0.6) is 11.5 Å². The van der Waals surface area contributed by atoms with Gasteiger partial charge in [-0.15, -0.1) is 0 Å². The van der Waals surface area contributed by atoms with Crippen molar-refractivity contribution in [2.45, 2.75) is 19.9 Å². The van der Waals surface area contributed by atoms with Gasteiger partial charge in [-0.1, -0.05) is 18.2 Å². The first-order chi connectivity index (χ1) is 20.1. The second-order valence-electron chi connectivity index (χ2n) is 9.92. The van der Waals surface area contributed by atoms with E-state index >= 15 is 8.78 Å². The number of nitrogens with zero attached hydrogens (tertiary/aromatic N) is 3. The minimum Gasteiger partial charge on any atom is -0.478 e. The Labute approximate surface area is 255 Å². The molecule has 2 N–H and O–H groups in total. The molecular formula is C31H27F2IN4O4. The van der Waals surface area contributed by atoms with Crippen molar-refractivity contribution < 1.29 is 28.2 Å². The number of hydrogen-bond acceptors (Lipinski definition) is 6. The second kappa shape index (κ2) is 12.3. The number of carbonyl (C=O) groups is 2. The van der Waals surface area contributed by atoms with Crippen LogP contribution in [0.4, 0.5) is 25.8 Å². The molecule has 2 heterocycles. The summed E-state index contributed by atoms with van der Waals surface area (Å²) in [6.07, 6.45) is 3.26. The van der Waals surface area contributed by atoms with E-state index in [1.54, 1.807) is 38.4 Å². The Bertz CT molecular complexity index is 1650. The number of carboxylic acid groups (broad SMARTS) is 1. The third-order valence-corrected chi connectivity index (χ3v) is 7.75. The molecule has 0 spiro atoms. The molecule has 1 fully saturated rings. The molecule has 1 aliphatic heterocycles. The topological polar surface area (TPSA) is 95.0 Å². The fourth-order valence-electron chi connectivity index (χ4n) is 4.94. The molecule has 5 rings (SSSR count). The Balaban J connectivity index is 1.38. The molecule has 1 atom stereocenters. The summed E-state index contributed by atoms with van der Waals surface area (Å²) >= 11 is 2.12. The Hall–Kier alpha value is -4.26. The van der Waals surface area contributed by atoms with Crippen molar-refractivity contribution in [1.29, 1.82) is 0 Å². The second-order valence-corrected chi connectivity index (χ2v) is 11.2. The minimum atomic E-state index is -1.49. The molecule has 11 heteroatoms. The number of halogens is 3. The average molecular weight is 684 g/mol. The Kier molecular flexibility index (Phi) is 8.57. The Morgan fingerprint density at radius 1 is 1.05 bits per heavy atom. The van der Waals surface area contributed by atoms with E-state index < -0.39 is 46.4 Å². The lowest BCUT2D eigenvalue weighted by Gasteiger charge is -2.41. The SMILES string of the molecule is Cc1cc(I)ccc1Nc1c(C(=O)O)cc(C(=O)N2CCN(c3ccncc3Oc3ccccc3)CC2C)c(F)c1F. The fourth-order valence-corrected chi connectivity index (χ4v) is 5.58. The number of piperazine rings is 1. The van der Waals surface area contributed by atoms with Crippen LogP contribution in [-0.2, 0) is 0 Å². The van der Waals surface area contributed by atoms with Gasteiger partial charge >= 0.3 is 5.97 Å². The maximum absolute atomic E-state index is 15.4. The number of ether oxygens (including phenoxy) is 1. The minimum absolute atomic E-state index is 0.193. The van der Waals surface area contributed by atoms with E-state index in [1.165, 1.54) is 4.90 Å². The highest BCUT2D eigenvalue weighted by molar-refractivity contribution is 14.1. The van der Waals surface area contributed by atoms with Gasteiger partial charge in [-0.2, -0.15) is 0 Å². The van der Waals surface area contributed by atoms with Gasteiger partial charge in [-0.25, -0.2) is 13.6 Å². The number of aryl methyl sites for hydroxylation is 1. The zero-order valence-electron chi connectivity index (χ0n) is 22.8. The third-order valence-electron chi connectivity index (χ3n) is 7.08. The normalized spacial score (nSPS) is 14.9. The van der Waals surface area contributed by atoms with Gasteiger partial charge < -0.3 is 25.0 Å². The number of carbonyl (C=O) groups excluding carboxylic acids is 1. The summed E-state index contributed by atoms with van der Waals surface area (Å²) in [4.78, 5) is 33.3. The van der Waals surface area contributed by atoms with Crippen LogP contribution in [0.15, 0.2) is 73.1 Å². The Morgan fingerprint density at radius 2 is 1.81 bits per heavy atom. The molecule has 1 aliphatic rings. The van der Waals surface area contributed by atoms with Crippen molar-refractivity contribution in [3.8, 4) is 11.5 Å². The van der Waals surface area contributed by atoms with Gasteiger partial charge in [-0.05, 0) is 84.5 Å². The fraction of sp³-hybridized carbons (Fsp3) is 0.194. The molecule has 42 heavy (non-hydrogen) atoms. The summed E-state index contributed by atoms with van der Waals surface area (Å²) in [7, 11) is 0. The first-order valence-corrected chi connectivity index (χ1v) is 14.2. The molecule has 3 aromatic carbocycles. The monoisotopic (exact) mass is 684 g/mol. The third kappa shape index (κ3) is 6.01. The maximum Gasteiger partial charge on any atom is 0.337 e. The number of rotatable bonds is 7. The predicted molar refractivity (Wildman–Crippen MR) is 164 cm³/mol. The van der Waals surface area contributed by atoms with E-state index in [1.807, 2.05) is 47.4 Å². The molecule has 0 saturated carbocycles. The number of hydrogen-bond donors (Lipinski definition) is 2. The molecule has 1 unspecified atom stereocenters. The van der Waals surface area contributed by atoms with Gasteiger partial charge in [0, 0.05) is 41.1 Å². The van der Waals surface area contributed by atoms with Crippen molar-refractivity contribution in [3.63, 3.8) is 0 Å². The van der Waals surface area contributed by atoms with E-state index in [0.29, 0.717) is 30.3 Å². The van der Waals surface area contributed by atoms with Crippen LogP contribution in [-0.4, -0.2) is 52.5 Å². The van der Waals surface area contributed by atoms with Gasteiger partial charge in [0.2, 0.25) is 0 Å². The highest BCUT2D eigenvalue weighted by Gasteiger charge is 2.33. The number of amides is 1. The molecule has 216 valence electrons. The van der Waals surface area contributed by atoms with Crippen molar-refractivity contribution in [2.24, 2.45) is 0 Å². The van der Waals surface area contributed by atoms with Gasteiger partial charge in [0.05, 0.1) is 28.7 Å². The predicted octanol–water partition coefficient (Wildman–Crippen LogP) is 6.86. The highest BCUT2D eigenvalue weighted by Crippen LogP contribution is 2.34. The lowest BCUT2D eigenvalue weighted by Crippen LogP contribution is -2.54. The summed E-state index contributed by atoms with van der Waals surface area (Å²) in [5.41, 5.74) is 0.207. The van der Waals surface area contributed by atoms with E-state index in [9.17, 15) is 14.7 Å². The number of anilines is 3. The molecule has 0 radical (unpaired) electrons. The quantitative estimate of drug-likeness (QED) is 0.206. The molecule has 8 nitrogen and oxygen atoms in total. The summed E-state index contributed by atoms with van der Waals surface area (Å²) in [6.45, 7) is 4.51. The number of pyridine rings is 1. The summed E-state index contributed by atoms with van der Waals surface area (Å²) in [6, 6.07) is 16.8. The van der Waals surface area contributed by atoms with Crippen LogP contribution in [0.1, 0.15) is 33.2 Å². The number of carboxylic acids is 1. The first kappa shape index (κ1) is 29.2. The van der Waals surface area contributed by atoms with Gasteiger partial charge in [0.15, 0.2) is 17.4 Å². The van der Waals surface area contributed by atoms with Crippen LogP contribution in [0.3, 0.4) is 0 Å². The number of aromatic carboxylic acids is 1. The number of benzene rings is 3. The number of nitrogens with one attached hydrogen (secondary N) is 1. The van der Waals surface area contributed by atoms with E-state index in [2.05, 4.69) is 32.9 Å². The van der Waals surface area contributed by atoms with Gasteiger partial charge in [-0.3, -0.25) is 9.78 Å². The number of para-hydroxylation sites is 1. The average Bonchev–Trinajstić information content (AvgIpc) is 2.97. The molecule has 4 aromatic rings. The Morgan fingerprint density at radius 3 is 2.50 bits per heavy atom. The van der Waals surface area contributed by atoms with Gasteiger partial charge in [0.1, 0.15) is 5.75 Å². The van der Waals surface area contributed by atoms with E-state index in [0.717, 1.165) is 20.9 Å². The molecule has 0 aliphatic carbocycles. The lowest BCUT2D eigenvalue weighted by molar-refractivity contribution is 0.0668. The zero-order valence-corrected chi connectivity index (χ0v) is 24.9. The first-order valence-electron chi connectivity index (χ1n) is 13.1. The van der Waals surface area contributed by atoms with Crippen molar-refractivity contribution in [2.75, 3.05) is 29.9 Å². The summed E-state index contributed by atoms with van der Waals surface area (Å²) < 4.78 is 37.8. The summed E-state index contributed by atoms with van der Waals surface area (Å²) in [5, 5.41) is 12.6. The number of aromatic nitrogens is 1. The molecule has 1 saturated heterocycles. The molecule has 1 aromatic heterocycles. The molecule has 0 bridgehead atoms. The van der Waals surface area contributed by atoms with E-state index in [-0.39, 0.29) is 6.54 Å². The van der Waals surface area contributed by atoms with Crippen LogP contribution in [0, 0.1) is 22.1 Å². The maximum atomic E-state index is 15.4. The van der Waals surface area contributed by atoms with Crippen LogP contribution >= 0.6 is 22.6 Å². The molecule has 1 amide bonds. The van der Waals surface area contributed by atoms with Crippen LogP contribution < -0.4 is 15.0 Å². The largest absolute Gasteiger partial charge is 0.478 e. The van der Waals surface area contributed by atoms with Crippen molar-refractivity contribution in [3.05, 3.63) is 105 Å².